The molecule has 118 valence electrons. The molecule has 0 atom stereocenters. The summed E-state index contributed by atoms with van der Waals surface area (Å²) in [7, 11) is 0. The fourth-order valence-corrected chi connectivity index (χ4v) is 2.54. The van der Waals surface area contributed by atoms with Crippen LogP contribution in [0.2, 0.25) is 0 Å². The van der Waals surface area contributed by atoms with E-state index in [1.165, 1.54) is 17.7 Å². The topological polar surface area (TPSA) is 9.23 Å². The van der Waals surface area contributed by atoms with Crippen LogP contribution >= 0.6 is 0 Å². The van der Waals surface area contributed by atoms with Gasteiger partial charge in [0.2, 0.25) is 0 Å². The molecule has 0 fully saturated rings. The molecule has 0 aromatic heterocycles. The first-order valence-corrected chi connectivity index (χ1v) is 7.33. The second-order valence-corrected chi connectivity index (χ2v) is 5.32. The predicted molar refractivity (Wildman–Crippen MR) is 85.4 cm³/mol. The van der Waals surface area contributed by atoms with Gasteiger partial charge < -0.3 is 4.74 Å². The molecule has 4 heteroatoms. The van der Waals surface area contributed by atoms with Gasteiger partial charge in [-0.25, -0.2) is 0 Å². The van der Waals surface area contributed by atoms with Crippen LogP contribution in [0, 0.1) is 0 Å². The molecule has 0 unspecified atom stereocenters. The van der Waals surface area contributed by atoms with E-state index in [0.29, 0.717) is 0 Å². The van der Waals surface area contributed by atoms with Gasteiger partial charge in [0, 0.05) is 0 Å². The van der Waals surface area contributed by atoms with Crippen LogP contribution in [0.4, 0.5) is 13.2 Å². The highest BCUT2D eigenvalue weighted by atomic mass is 19.4. The third-order valence-corrected chi connectivity index (χ3v) is 3.73. The van der Waals surface area contributed by atoms with Crippen LogP contribution in [0.5, 0.6) is 5.75 Å². The highest BCUT2D eigenvalue weighted by Crippen LogP contribution is 2.28. The summed E-state index contributed by atoms with van der Waals surface area (Å²) in [5, 5.41) is 2.26. The summed E-state index contributed by atoms with van der Waals surface area (Å²) in [6.07, 6.45) is -3.68. The maximum atomic E-state index is 12.2. The molecular formula is C19H15F3O. The van der Waals surface area contributed by atoms with Gasteiger partial charge in [-0.2, -0.15) is 0 Å². The molecule has 23 heavy (non-hydrogen) atoms. The van der Waals surface area contributed by atoms with Gasteiger partial charge in [-0.3, -0.25) is 0 Å². The number of hydrogen-bond acceptors (Lipinski definition) is 1. The fourth-order valence-electron chi connectivity index (χ4n) is 2.54. The normalized spacial score (nSPS) is 11.7. The smallest absolute Gasteiger partial charge is 0.406 e. The van der Waals surface area contributed by atoms with Crippen LogP contribution in [0.15, 0.2) is 60.7 Å². The lowest BCUT2D eigenvalue weighted by molar-refractivity contribution is -0.274. The van der Waals surface area contributed by atoms with Gasteiger partial charge in [-0.1, -0.05) is 49.4 Å². The van der Waals surface area contributed by atoms with Gasteiger partial charge in [0.25, 0.3) is 0 Å². The van der Waals surface area contributed by atoms with Gasteiger partial charge in [-0.15, -0.1) is 13.2 Å². The molecule has 0 saturated heterocycles. The molecule has 3 aromatic carbocycles. The summed E-state index contributed by atoms with van der Waals surface area (Å²) in [6.45, 7) is 2.11. The maximum Gasteiger partial charge on any atom is 0.573 e. The molecule has 0 bridgehead atoms. The average Bonchev–Trinajstić information content (AvgIpc) is 2.53. The van der Waals surface area contributed by atoms with Crippen molar-refractivity contribution in [2.45, 2.75) is 19.7 Å². The Morgan fingerprint density at radius 3 is 2.04 bits per heavy atom. The SMILES string of the molecule is CCc1ccc2cc(-c3ccc(OC(F)(F)F)cc3)ccc2c1. The number of hydrogen-bond donors (Lipinski definition) is 0. The zero-order chi connectivity index (χ0) is 16.4. The maximum absolute atomic E-state index is 12.2. The number of ether oxygens (including phenoxy) is 1. The molecule has 0 radical (unpaired) electrons. The van der Waals surface area contributed by atoms with Gasteiger partial charge >= 0.3 is 6.36 Å². The molecule has 3 rings (SSSR count). The summed E-state index contributed by atoms with van der Waals surface area (Å²) in [5.74, 6) is -0.213. The molecule has 0 aliphatic rings. The first kappa shape index (κ1) is 15.4. The van der Waals surface area contributed by atoms with E-state index >= 15 is 0 Å². The van der Waals surface area contributed by atoms with Crippen molar-refractivity contribution >= 4 is 10.8 Å². The second kappa shape index (κ2) is 5.95. The van der Waals surface area contributed by atoms with E-state index in [2.05, 4.69) is 29.9 Å². The summed E-state index contributed by atoms with van der Waals surface area (Å²) >= 11 is 0. The highest BCUT2D eigenvalue weighted by Gasteiger charge is 2.30. The van der Waals surface area contributed by atoms with Gasteiger partial charge in [0.15, 0.2) is 0 Å². The molecule has 3 aromatic rings. The molecule has 0 heterocycles. The first-order chi connectivity index (χ1) is 10.9. The van der Waals surface area contributed by atoms with E-state index in [1.54, 1.807) is 12.1 Å². The zero-order valence-corrected chi connectivity index (χ0v) is 12.5. The first-order valence-electron chi connectivity index (χ1n) is 7.33. The molecule has 0 amide bonds. The van der Waals surface area contributed by atoms with Gasteiger partial charge in [0.05, 0.1) is 0 Å². The Labute approximate surface area is 132 Å². The molecule has 0 spiro atoms. The van der Waals surface area contributed by atoms with E-state index < -0.39 is 6.36 Å². The summed E-state index contributed by atoms with van der Waals surface area (Å²) < 4.78 is 40.4. The van der Waals surface area contributed by atoms with Crippen molar-refractivity contribution in [2.75, 3.05) is 0 Å². The van der Waals surface area contributed by atoms with Crippen LogP contribution in [-0.4, -0.2) is 6.36 Å². The Morgan fingerprint density at radius 2 is 1.39 bits per heavy atom. The number of aryl methyl sites for hydroxylation is 1. The van der Waals surface area contributed by atoms with Crippen LogP contribution in [-0.2, 0) is 6.42 Å². The summed E-state index contributed by atoms with van der Waals surface area (Å²) in [6, 6.07) is 18.3. The van der Waals surface area contributed by atoms with Crippen molar-refractivity contribution in [1.29, 1.82) is 0 Å². The van der Waals surface area contributed by atoms with Crippen LogP contribution in [0.1, 0.15) is 12.5 Å². The quantitative estimate of drug-likeness (QED) is 0.578. The highest BCUT2D eigenvalue weighted by molar-refractivity contribution is 5.87. The average molecular weight is 316 g/mol. The van der Waals surface area contributed by atoms with Crippen molar-refractivity contribution in [2.24, 2.45) is 0 Å². The summed E-state index contributed by atoms with van der Waals surface area (Å²) in [5.41, 5.74) is 3.08. The van der Waals surface area contributed by atoms with Crippen molar-refractivity contribution in [3.8, 4) is 16.9 Å². The minimum absolute atomic E-state index is 0.213. The lowest BCUT2D eigenvalue weighted by Gasteiger charge is -2.10. The third-order valence-electron chi connectivity index (χ3n) is 3.73. The number of benzene rings is 3. The number of alkyl halides is 3. The van der Waals surface area contributed by atoms with E-state index in [1.807, 2.05) is 18.2 Å². The molecule has 1 nitrogen and oxygen atoms in total. The molecule has 0 aliphatic heterocycles. The van der Waals surface area contributed by atoms with Crippen LogP contribution in [0.25, 0.3) is 21.9 Å². The third kappa shape index (κ3) is 3.65. The Balaban J connectivity index is 1.90. The van der Waals surface area contributed by atoms with Crippen LogP contribution < -0.4 is 4.74 Å². The van der Waals surface area contributed by atoms with Crippen molar-refractivity contribution in [3.63, 3.8) is 0 Å². The zero-order valence-electron chi connectivity index (χ0n) is 12.5. The lowest BCUT2D eigenvalue weighted by Crippen LogP contribution is -2.16. The van der Waals surface area contributed by atoms with Crippen molar-refractivity contribution in [3.05, 3.63) is 66.2 Å². The Bertz CT molecular complexity index is 820. The Morgan fingerprint density at radius 1 is 0.783 bits per heavy atom. The van der Waals surface area contributed by atoms with E-state index in [9.17, 15) is 13.2 Å². The van der Waals surface area contributed by atoms with Crippen molar-refractivity contribution in [1.82, 2.24) is 0 Å². The van der Waals surface area contributed by atoms with E-state index in [-0.39, 0.29) is 5.75 Å². The van der Waals surface area contributed by atoms with Gasteiger partial charge in [0.1, 0.15) is 5.75 Å². The lowest BCUT2D eigenvalue weighted by atomic mass is 9.99. The minimum Gasteiger partial charge on any atom is -0.406 e. The van der Waals surface area contributed by atoms with E-state index in [0.717, 1.165) is 28.3 Å². The Kier molecular flexibility index (Phi) is 3.99. The van der Waals surface area contributed by atoms with Crippen molar-refractivity contribution < 1.29 is 17.9 Å². The molecule has 0 N–H and O–H groups in total. The molecular weight excluding hydrogens is 301 g/mol. The number of fused-ring (bicyclic) bond motifs is 1. The number of halogens is 3. The Hall–Kier alpha value is -2.49. The minimum atomic E-state index is -4.67. The van der Waals surface area contributed by atoms with Crippen LogP contribution in [0.3, 0.4) is 0 Å². The predicted octanol–water partition coefficient (Wildman–Crippen LogP) is 5.97. The van der Waals surface area contributed by atoms with E-state index in [4.69, 9.17) is 0 Å². The van der Waals surface area contributed by atoms with Gasteiger partial charge in [-0.05, 0) is 52.1 Å². The second-order valence-electron chi connectivity index (χ2n) is 5.32. The standard InChI is InChI=1S/C19H15F3O/c1-2-13-3-4-17-12-16(6-5-15(17)11-13)14-7-9-18(10-8-14)23-19(20,21)22/h3-12H,2H2,1H3. The monoisotopic (exact) mass is 316 g/mol. The molecule has 0 aliphatic carbocycles. The molecule has 0 saturated carbocycles. The number of rotatable bonds is 3. The largest absolute Gasteiger partial charge is 0.573 e. The fraction of sp³-hybridized carbons (Fsp3) is 0.158. The summed E-state index contributed by atoms with van der Waals surface area (Å²) in [4.78, 5) is 0.